The number of carbonyl (C=O) groups is 3. The molecular weight excluding hydrogens is 402 g/mol. The largest absolute Gasteiger partial charge is 0.506 e. The number of ether oxygens (including phenoxy) is 2. The molecule has 0 unspecified atom stereocenters. The maximum atomic E-state index is 12.6. The number of rotatable bonds is 4. The molecule has 1 aromatic heterocycles. The van der Waals surface area contributed by atoms with E-state index in [9.17, 15) is 19.5 Å². The Kier molecular flexibility index (Phi) is 5.50. The first-order chi connectivity index (χ1) is 14.9. The second-order valence-corrected chi connectivity index (χ2v) is 7.74. The zero-order valence-electron chi connectivity index (χ0n) is 17.1. The Morgan fingerprint density at radius 2 is 2.03 bits per heavy atom. The maximum Gasteiger partial charge on any atom is 0.253 e. The number of carbonyl (C=O) groups excluding carboxylic acids is 3. The van der Waals surface area contributed by atoms with E-state index in [-0.39, 0.29) is 36.0 Å². The number of aromatic hydroxyl groups is 1. The van der Waals surface area contributed by atoms with E-state index in [1.165, 1.54) is 18.5 Å². The van der Waals surface area contributed by atoms with Crippen molar-refractivity contribution in [2.24, 2.45) is 0 Å². The van der Waals surface area contributed by atoms with Crippen molar-refractivity contribution in [3.8, 4) is 17.2 Å². The number of nitrogens with zero attached hydrogens (tertiary/aromatic N) is 2. The second-order valence-electron chi connectivity index (χ2n) is 7.74. The molecule has 0 bridgehead atoms. The fourth-order valence-electron chi connectivity index (χ4n) is 3.97. The summed E-state index contributed by atoms with van der Waals surface area (Å²) in [5, 5.41) is 12.0. The van der Waals surface area contributed by atoms with Crippen molar-refractivity contribution in [3.63, 3.8) is 0 Å². The zero-order chi connectivity index (χ0) is 22.0. The molecule has 2 aliphatic heterocycles. The molecule has 2 aromatic rings. The molecule has 1 fully saturated rings. The van der Waals surface area contributed by atoms with Crippen molar-refractivity contribution in [3.05, 3.63) is 47.8 Å². The molecule has 1 spiro atoms. The van der Waals surface area contributed by atoms with E-state index in [4.69, 9.17) is 9.47 Å². The Hall–Kier alpha value is -3.62. The van der Waals surface area contributed by atoms with Crippen LogP contribution in [0.4, 0.5) is 0 Å². The lowest BCUT2D eigenvalue weighted by Crippen LogP contribution is -2.53. The van der Waals surface area contributed by atoms with Crippen LogP contribution in [0.3, 0.4) is 0 Å². The van der Waals surface area contributed by atoms with Gasteiger partial charge in [0.05, 0.1) is 37.4 Å². The number of aromatic nitrogens is 1. The summed E-state index contributed by atoms with van der Waals surface area (Å²) >= 11 is 0. The molecule has 2 amide bonds. The van der Waals surface area contributed by atoms with Gasteiger partial charge in [-0.15, -0.1) is 0 Å². The smallest absolute Gasteiger partial charge is 0.253 e. The molecule has 1 aromatic carbocycles. The van der Waals surface area contributed by atoms with Crippen molar-refractivity contribution < 1.29 is 29.0 Å². The van der Waals surface area contributed by atoms with E-state index in [2.05, 4.69) is 10.3 Å². The molecule has 31 heavy (non-hydrogen) atoms. The summed E-state index contributed by atoms with van der Waals surface area (Å²) in [6.45, 7) is 0.686. The van der Waals surface area contributed by atoms with Crippen LogP contribution in [0.25, 0.3) is 0 Å². The predicted octanol–water partition coefficient (Wildman–Crippen LogP) is 1.55. The number of piperidine rings is 1. The van der Waals surface area contributed by atoms with Crippen LogP contribution in [0.1, 0.15) is 40.0 Å². The molecule has 3 heterocycles. The minimum atomic E-state index is -0.635. The summed E-state index contributed by atoms with van der Waals surface area (Å²) in [4.78, 5) is 42.7. The fraction of sp³-hybridized carbons (Fsp3) is 0.364. The molecule has 1 saturated heterocycles. The normalized spacial score (nSPS) is 16.9. The lowest BCUT2D eigenvalue weighted by molar-refractivity contribution is -0.133. The molecule has 2 aliphatic rings. The van der Waals surface area contributed by atoms with Crippen molar-refractivity contribution >= 4 is 17.6 Å². The number of nitrogens with one attached hydrogen (secondary N) is 1. The van der Waals surface area contributed by atoms with Crippen LogP contribution in [-0.4, -0.2) is 64.9 Å². The van der Waals surface area contributed by atoms with Gasteiger partial charge in [0.15, 0.2) is 5.78 Å². The van der Waals surface area contributed by atoms with Gasteiger partial charge in [0.2, 0.25) is 5.91 Å². The minimum Gasteiger partial charge on any atom is -0.506 e. The highest BCUT2D eigenvalue weighted by Gasteiger charge is 2.43. The maximum absolute atomic E-state index is 12.6. The van der Waals surface area contributed by atoms with E-state index in [0.717, 1.165) is 0 Å². The number of hydrogen-bond donors (Lipinski definition) is 2. The van der Waals surface area contributed by atoms with Crippen LogP contribution < -0.4 is 14.8 Å². The average Bonchev–Trinajstić information content (AvgIpc) is 2.77. The first-order valence-corrected chi connectivity index (χ1v) is 9.99. The molecule has 0 radical (unpaired) electrons. The van der Waals surface area contributed by atoms with Crippen LogP contribution in [0.2, 0.25) is 0 Å². The fourth-order valence-corrected chi connectivity index (χ4v) is 3.97. The Bertz CT molecular complexity index is 1030. The SMILES string of the molecule is COc1ccc2c(c1)OC1(CCN(C(=O)CNC(=O)c3cncc(O)c3)CC1)CC2=O. The highest BCUT2D eigenvalue weighted by Crippen LogP contribution is 2.40. The van der Waals surface area contributed by atoms with Crippen LogP contribution in [-0.2, 0) is 4.79 Å². The molecule has 162 valence electrons. The van der Waals surface area contributed by atoms with E-state index in [1.807, 2.05) is 0 Å². The van der Waals surface area contributed by atoms with Gasteiger partial charge in [0.1, 0.15) is 22.8 Å². The lowest BCUT2D eigenvalue weighted by atomic mass is 9.82. The summed E-state index contributed by atoms with van der Waals surface area (Å²) in [6, 6.07) is 6.45. The van der Waals surface area contributed by atoms with Crippen molar-refractivity contribution in [1.82, 2.24) is 15.2 Å². The molecule has 0 aliphatic carbocycles. The number of ketones is 1. The lowest BCUT2D eigenvalue weighted by Gasteiger charge is -2.44. The number of pyridine rings is 1. The third kappa shape index (κ3) is 4.30. The van der Waals surface area contributed by atoms with Gasteiger partial charge in [0.25, 0.3) is 5.91 Å². The molecular formula is C22H23N3O6. The van der Waals surface area contributed by atoms with E-state index < -0.39 is 11.5 Å². The Morgan fingerprint density at radius 1 is 1.26 bits per heavy atom. The Labute approximate surface area is 179 Å². The van der Waals surface area contributed by atoms with Crippen LogP contribution in [0.5, 0.6) is 17.2 Å². The van der Waals surface area contributed by atoms with Gasteiger partial charge in [-0.2, -0.15) is 0 Å². The van der Waals surface area contributed by atoms with Gasteiger partial charge in [-0.05, 0) is 18.2 Å². The topological polar surface area (TPSA) is 118 Å². The zero-order valence-corrected chi connectivity index (χ0v) is 17.1. The molecule has 9 heteroatoms. The summed E-state index contributed by atoms with van der Waals surface area (Å²) in [5.74, 6) is 0.325. The third-order valence-corrected chi connectivity index (χ3v) is 5.71. The molecule has 9 nitrogen and oxygen atoms in total. The number of fused-ring (bicyclic) bond motifs is 1. The summed E-state index contributed by atoms with van der Waals surface area (Å²) in [7, 11) is 1.56. The second kappa shape index (κ2) is 8.25. The number of benzene rings is 1. The van der Waals surface area contributed by atoms with E-state index in [0.29, 0.717) is 43.0 Å². The van der Waals surface area contributed by atoms with Crippen molar-refractivity contribution in [1.29, 1.82) is 0 Å². The molecule has 0 atom stereocenters. The van der Waals surface area contributed by atoms with Crippen LogP contribution in [0.15, 0.2) is 36.7 Å². The number of hydrogen-bond acceptors (Lipinski definition) is 7. The highest BCUT2D eigenvalue weighted by atomic mass is 16.5. The Morgan fingerprint density at radius 3 is 2.74 bits per heavy atom. The van der Waals surface area contributed by atoms with Gasteiger partial charge >= 0.3 is 0 Å². The Balaban J connectivity index is 1.34. The summed E-state index contributed by atoms with van der Waals surface area (Å²) in [6.07, 6.45) is 3.85. The van der Waals surface area contributed by atoms with Crippen LogP contribution in [0, 0.1) is 0 Å². The summed E-state index contributed by atoms with van der Waals surface area (Å²) < 4.78 is 11.5. The highest BCUT2D eigenvalue weighted by molar-refractivity contribution is 6.00. The van der Waals surface area contributed by atoms with Gasteiger partial charge in [0, 0.05) is 38.2 Å². The number of likely N-dealkylation sites (tertiary alicyclic amines) is 1. The monoisotopic (exact) mass is 425 g/mol. The molecule has 2 N–H and O–H groups in total. The summed E-state index contributed by atoms with van der Waals surface area (Å²) in [5.41, 5.74) is 0.0895. The number of Topliss-reactive ketones (excluding diaryl/α,β-unsaturated/α-hetero) is 1. The molecule has 4 rings (SSSR count). The minimum absolute atomic E-state index is 0.0238. The van der Waals surface area contributed by atoms with Gasteiger partial charge in [-0.3, -0.25) is 19.4 Å². The third-order valence-electron chi connectivity index (χ3n) is 5.71. The van der Waals surface area contributed by atoms with Crippen LogP contribution >= 0.6 is 0 Å². The number of amides is 2. The number of methoxy groups -OCH3 is 1. The van der Waals surface area contributed by atoms with Crippen molar-refractivity contribution in [2.45, 2.75) is 24.9 Å². The molecule has 0 saturated carbocycles. The van der Waals surface area contributed by atoms with Gasteiger partial charge in [-0.25, -0.2) is 0 Å². The quantitative estimate of drug-likeness (QED) is 0.763. The predicted molar refractivity (Wildman–Crippen MR) is 109 cm³/mol. The van der Waals surface area contributed by atoms with E-state index in [1.54, 1.807) is 30.2 Å². The standard InChI is InChI=1S/C22H23N3O6/c1-30-16-2-3-17-18(27)10-22(31-19(17)9-16)4-6-25(7-5-22)20(28)13-24-21(29)14-8-15(26)12-23-11-14/h2-3,8-9,11-12,26H,4-7,10,13H2,1H3,(H,24,29). The van der Waals surface area contributed by atoms with Gasteiger partial charge < -0.3 is 24.8 Å². The van der Waals surface area contributed by atoms with Crippen molar-refractivity contribution in [2.75, 3.05) is 26.7 Å². The van der Waals surface area contributed by atoms with E-state index >= 15 is 0 Å². The van der Waals surface area contributed by atoms with Gasteiger partial charge in [-0.1, -0.05) is 0 Å². The first kappa shape index (κ1) is 20.6. The average molecular weight is 425 g/mol. The first-order valence-electron chi connectivity index (χ1n) is 9.99.